The van der Waals surface area contributed by atoms with Crippen molar-refractivity contribution in [2.75, 3.05) is 13.7 Å². The first-order chi connectivity index (χ1) is 20.9. The van der Waals surface area contributed by atoms with Gasteiger partial charge < -0.3 is 9.16 Å². The summed E-state index contributed by atoms with van der Waals surface area (Å²) in [5.41, 5.74) is 1.59. The number of fused-ring (bicyclic) bond motifs is 1. The number of ether oxygens (including phenoxy) is 1. The topological polar surface area (TPSA) is 36.3 Å². The van der Waals surface area contributed by atoms with E-state index in [1.54, 1.807) is 11.5 Å². The highest BCUT2D eigenvalue weighted by atomic mass is 35.5. The van der Waals surface area contributed by atoms with Crippen molar-refractivity contribution in [3.8, 4) is 5.69 Å². The van der Waals surface area contributed by atoms with Gasteiger partial charge in [0.1, 0.15) is 11.9 Å². The van der Waals surface area contributed by atoms with E-state index in [-0.39, 0.29) is 15.6 Å². The second kappa shape index (κ2) is 12.5. The molecule has 4 nitrogen and oxygen atoms in total. The van der Waals surface area contributed by atoms with Gasteiger partial charge in [0.05, 0.1) is 21.6 Å². The highest BCUT2D eigenvalue weighted by molar-refractivity contribution is 6.99. The Hall–Kier alpha value is -3.43. The van der Waals surface area contributed by atoms with Crippen LogP contribution in [0.2, 0.25) is 10.1 Å². The van der Waals surface area contributed by atoms with Gasteiger partial charge in [-0.05, 0) is 58.6 Å². The van der Waals surface area contributed by atoms with E-state index in [1.807, 2.05) is 36.4 Å². The summed E-state index contributed by atoms with van der Waals surface area (Å²) in [5, 5.41) is 1.96. The van der Waals surface area contributed by atoms with Crippen LogP contribution in [0.1, 0.15) is 50.8 Å². The van der Waals surface area contributed by atoms with Crippen molar-refractivity contribution in [2.24, 2.45) is 0 Å². The highest BCUT2D eigenvalue weighted by Crippen LogP contribution is 2.39. The van der Waals surface area contributed by atoms with E-state index in [1.165, 1.54) is 23.5 Å². The van der Waals surface area contributed by atoms with Gasteiger partial charge in [-0.15, -0.1) is 0 Å². The summed E-state index contributed by atoms with van der Waals surface area (Å²) in [6.07, 6.45) is -4.35. The summed E-state index contributed by atoms with van der Waals surface area (Å²) in [7, 11) is -1.12. The van der Waals surface area contributed by atoms with E-state index in [4.69, 9.17) is 20.8 Å². The van der Waals surface area contributed by atoms with Gasteiger partial charge in [-0.2, -0.15) is 13.2 Å². The molecule has 0 N–H and O–H groups in total. The molecule has 5 rings (SSSR count). The van der Waals surface area contributed by atoms with Gasteiger partial charge in [0, 0.05) is 19.4 Å². The SMILES string of the molecule is COC(C)c1nc2cc(C(F)(F)F)c(Cl)cc2n1-c1ccc(CCO[Si](c2ccccc2)(c2ccccc2)C(C)(C)C)cc1. The maximum atomic E-state index is 13.6. The zero-order valence-corrected chi connectivity index (χ0v) is 27.2. The normalized spacial score (nSPS) is 13.4. The molecule has 44 heavy (non-hydrogen) atoms. The van der Waals surface area contributed by atoms with Crippen LogP contribution < -0.4 is 10.4 Å². The molecule has 1 aromatic heterocycles. The number of rotatable bonds is 9. The average Bonchev–Trinajstić information content (AvgIpc) is 3.37. The van der Waals surface area contributed by atoms with Gasteiger partial charge >= 0.3 is 6.18 Å². The molecule has 0 amide bonds. The van der Waals surface area contributed by atoms with E-state index in [9.17, 15) is 13.2 Å². The van der Waals surface area contributed by atoms with Crippen molar-refractivity contribution in [1.82, 2.24) is 9.55 Å². The first-order valence-corrected chi connectivity index (χ1v) is 16.8. The van der Waals surface area contributed by atoms with E-state index in [0.29, 0.717) is 24.4 Å². The monoisotopic (exact) mass is 636 g/mol. The molecule has 1 unspecified atom stereocenters. The fraction of sp³-hybridized carbons (Fsp3) is 0.286. The van der Waals surface area contributed by atoms with Gasteiger partial charge in [0.15, 0.2) is 0 Å². The van der Waals surface area contributed by atoms with Crippen LogP contribution in [0.4, 0.5) is 13.2 Å². The summed E-state index contributed by atoms with van der Waals surface area (Å²) >= 11 is 6.11. The average molecular weight is 637 g/mol. The quantitative estimate of drug-likeness (QED) is 0.152. The third-order valence-electron chi connectivity index (χ3n) is 8.11. The molecule has 0 aliphatic rings. The molecular formula is C35H36ClF3N2O2Si. The molecule has 0 aliphatic carbocycles. The largest absolute Gasteiger partial charge is 0.417 e. The van der Waals surface area contributed by atoms with Crippen molar-refractivity contribution in [3.63, 3.8) is 0 Å². The number of hydrogen-bond acceptors (Lipinski definition) is 3. The van der Waals surface area contributed by atoms with E-state index >= 15 is 0 Å². The van der Waals surface area contributed by atoms with Crippen molar-refractivity contribution in [3.05, 3.63) is 119 Å². The van der Waals surface area contributed by atoms with Gasteiger partial charge in [-0.1, -0.05) is 105 Å². The van der Waals surface area contributed by atoms with Crippen molar-refractivity contribution >= 4 is 41.3 Å². The number of alkyl halides is 3. The minimum Gasteiger partial charge on any atom is -0.407 e. The van der Waals surface area contributed by atoms with Crippen LogP contribution in [0.15, 0.2) is 97.1 Å². The van der Waals surface area contributed by atoms with Crippen LogP contribution >= 0.6 is 11.6 Å². The molecule has 1 heterocycles. The van der Waals surface area contributed by atoms with Gasteiger partial charge in [0.25, 0.3) is 8.32 Å². The number of imidazole rings is 1. The molecule has 0 saturated carbocycles. The van der Waals surface area contributed by atoms with Crippen LogP contribution in [-0.4, -0.2) is 31.6 Å². The summed E-state index contributed by atoms with van der Waals surface area (Å²) in [5.74, 6) is 0.487. The van der Waals surface area contributed by atoms with E-state index in [0.717, 1.165) is 17.3 Å². The van der Waals surface area contributed by atoms with Crippen LogP contribution in [-0.2, 0) is 21.8 Å². The smallest absolute Gasteiger partial charge is 0.407 e. The molecule has 4 aromatic carbocycles. The van der Waals surface area contributed by atoms with Crippen molar-refractivity contribution in [1.29, 1.82) is 0 Å². The Morgan fingerprint density at radius 3 is 1.93 bits per heavy atom. The molecule has 0 bridgehead atoms. The summed E-state index contributed by atoms with van der Waals surface area (Å²) in [6, 6.07) is 31.3. The molecule has 0 radical (unpaired) electrons. The van der Waals surface area contributed by atoms with Crippen LogP contribution in [0.3, 0.4) is 0 Å². The number of nitrogens with zero attached hydrogens (tertiary/aromatic N) is 2. The molecule has 0 spiro atoms. The summed E-state index contributed by atoms with van der Waals surface area (Å²) in [4.78, 5) is 4.52. The Kier molecular flexibility index (Phi) is 9.10. The lowest BCUT2D eigenvalue weighted by atomic mass is 10.1. The zero-order chi connectivity index (χ0) is 31.7. The third kappa shape index (κ3) is 6.09. The minimum atomic E-state index is -4.58. The maximum Gasteiger partial charge on any atom is 0.417 e. The second-order valence-electron chi connectivity index (χ2n) is 11.9. The first kappa shape index (κ1) is 32.0. The number of aromatic nitrogens is 2. The summed E-state index contributed by atoms with van der Waals surface area (Å²) in [6.45, 7) is 9.10. The second-order valence-corrected chi connectivity index (χ2v) is 16.6. The van der Waals surface area contributed by atoms with Crippen LogP contribution in [0.5, 0.6) is 0 Å². The number of methoxy groups -OCH3 is 1. The number of benzene rings is 4. The van der Waals surface area contributed by atoms with E-state index < -0.39 is 26.2 Å². The Labute approximate surface area is 262 Å². The molecule has 9 heteroatoms. The van der Waals surface area contributed by atoms with Crippen LogP contribution in [0, 0.1) is 0 Å². The lowest BCUT2D eigenvalue weighted by Gasteiger charge is -2.43. The van der Waals surface area contributed by atoms with E-state index in [2.05, 4.69) is 74.3 Å². The maximum absolute atomic E-state index is 13.6. The standard InChI is InChI=1S/C35H36ClF3N2O2Si/c1-24(42-5)33-40-31-22-29(35(37,38)39)30(36)23-32(31)41(33)26-18-16-25(17-19-26)20-21-43-44(34(2,3)4,27-12-8-6-9-13-27)28-14-10-7-11-15-28/h6-19,22-24H,20-21H2,1-5H3. The molecule has 1 atom stereocenters. The number of halogens is 4. The van der Waals surface area contributed by atoms with Gasteiger partial charge in [0.2, 0.25) is 0 Å². The fourth-order valence-corrected chi connectivity index (χ4v) is 10.7. The molecular weight excluding hydrogens is 601 g/mol. The molecule has 5 aromatic rings. The van der Waals surface area contributed by atoms with Crippen LogP contribution in [0.25, 0.3) is 16.7 Å². The van der Waals surface area contributed by atoms with Crippen molar-refractivity contribution < 1.29 is 22.3 Å². The lowest BCUT2D eigenvalue weighted by molar-refractivity contribution is -0.137. The Morgan fingerprint density at radius 2 is 1.43 bits per heavy atom. The predicted molar refractivity (Wildman–Crippen MR) is 174 cm³/mol. The Morgan fingerprint density at radius 1 is 0.864 bits per heavy atom. The Bertz CT molecular complexity index is 1680. The van der Waals surface area contributed by atoms with Gasteiger partial charge in [-0.25, -0.2) is 4.98 Å². The fourth-order valence-electron chi connectivity index (χ4n) is 5.88. The number of hydrogen-bond donors (Lipinski definition) is 0. The molecule has 0 fully saturated rings. The Balaban J connectivity index is 1.46. The highest BCUT2D eigenvalue weighted by Gasteiger charge is 2.50. The third-order valence-corrected chi connectivity index (χ3v) is 13.5. The zero-order valence-electron chi connectivity index (χ0n) is 25.5. The summed E-state index contributed by atoms with van der Waals surface area (Å²) < 4.78 is 55.0. The first-order valence-electron chi connectivity index (χ1n) is 14.5. The lowest BCUT2D eigenvalue weighted by Crippen LogP contribution is -2.66. The minimum absolute atomic E-state index is 0.121. The molecule has 0 aliphatic heterocycles. The van der Waals surface area contributed by atoms with Gasteiger partial charge in [-0.3, -0.25) is 4.57 Å². The van der Waals surface area contributed by atoms with Crippen molar-refractivity contribution in [2.45, 2.75) is 51.4 Å². The molecule has 230 valence electrons. The predicted octanol–water partition coefficient (Wildman–Crippen LogP) is 8.52. The molecule has 0 saturated heterocycles.